The Kier molecular flexibility index (Phi) is 5.41. The van der Waals surface area contributed by atoms with E-state index in [1.165, 1.54) is 25.7 Å². The van der Waals surface area contributed by atoms with Gasteiger partial charge in [0.05, 0.1) is 5.69 Å². The molecule has 0 aliphatic carbocycles. The number of hydrogen-bond donors (Lipinski definition) is 1. The predicted octanol–water partition coefficient (Wildman–Crippen LogP) is 4.12. The molecule has 1 fully saturated rings. The van der Waals surface area contributed by atoms with Crippen LogP contribution in [0.15, 0.2) is 18.2 Å². The third kappa shape index (κ3) is 3.51. The van der Waals surface area contributed by atoms with Crippen LogP contribution in [0.4, 0.5) is 10.1 Å². The highest BCUT2D eigenvalue weighted by Crippen LogP contribution is 2.28. The largest absolute Gasteiger partial charge is 0.369 e. The van der Waals surface area contributed by atoms with Crippen molar-refractivity contribution in [3.63, 3.8) is 0 Å². The van der Waals surface area contributed by atoms with Crippen LogP contribution in [-0.4, -0.2) is 20.1 Å². The second kappa shape index (κ2) is 7.07. The van der Waals surface area contributed by atoms with Gasteiger partial charge in [-0.1, -0.05) is 19.4 Å². The monoisotopic (exact) mass is 278 g/mol. The molecular formula is C17H27FN2. The maximum absolute atomic E-state index is 14.4. The van der Waals surface area contributed by atoms with E-state index in [0.29, 0.717) is 0 Å². The molecule has 0 aromatic heterocycles. The summed E-state index contributed by atoms with van der Waals surface area (Å²) in [6, 6.07) is 5.86. The first kappa shape index (κ1) is 15.3. The summed E-state index contributed by atoms with van der Waals surface area (Å²) in [4.78, 5) is 2.22. The number of nitrogens with one attached hydrogen (secondary N) is 1. The molecule has 0 radical (unpaired) electrons. The summed E-state index contributed by atoms with van der Waals surface area (Å²) in [5, 5.41) is 3.15. The lowest BCUT2D eigenvalue weighted by Crippen LogP contribution is -2.25. The van der Waals surface area contributed by atoms with Crippen molar-refractivity contribution in [2.75, 3.05) is 25.0 Å². The third-order valence-electron chi connectivity index (χ3n) is 4.67. The fourth-order valence-electron chi connectivity index (χ4n) is 3.03. The minimum atomic E-state index is -0.0838. The van der Waals surface area contributed by atoms with Crippen molar-refractivity contribution in [3.05, 3.63) is 29.6 Å². The van der Waals surface area contributed by atoms with Crippen LogP contribution < -0.4 is 10.2 Å². The maximum atomic E-state index is 14.4. The van der Waals surface area contributed by atoms with Crippen molar-refractivity contribution >= 4 is 5.69 Å². The molecule has 0 spiro atoms. The van der Waals surface area contributed by atoms with Crippen molar-refractivity contribution in [2.45, 2.75) is 45.6 Å². The lowest BCUT2D eigenvalue weighted by atomic mass is 9.98. The summed E-state index contributed by atoms with van der Waals surface area (Å²) in [6.45, 7) is 6.27. The van der Waals surface area contributed by atoms with Gasteiger partial charge >= 0.3 is 0 Å². The first-order valence-electron chi connectivity index (χ1n) is 7.87. The Hall–Kier alpha value is -1.09. The maximum Gasteiger partial charge on any atom is 0.146 e. The van der Waals surface area contributed by atoms with Gasteiger partial charge in [-0.3, -0.25) is 0 Å². The first-order chi connectivity index (χ1) is 9.65. The van der Waals surface area contributed by atoms with Gasteiger partial charge < -0.3 is 10.2 Å². The Morgan fingerprint density at radius 3 is 2.80 bits per heavy atom. The molecule has 0 bridgehead atoms. The Morgan fingerprint density at radius 2 is 2.15 bits per heavy atom. The van der Waals surface area contributed by atoms with Crippen molar-refractivity contribution in [1.29, 1.82) is 0 Å². The van der Waals surface area contributed by atoms with Gasteiger partial charge in [0, 0.05) is 19.1 Å². The van der Waals surface area contributed by atoms with Crippen LogP contribution in [0.25, 0.3) is 0 Å². The van der Waals surface area contributed by atoms with Crippen LogP contribution in [0.2, 0.25) is 0 Å². The third-order valence-corrected chi connectivity index (χ3v) is 4.67. The molecule has 2 nitrogen and oxygen atoms in total. The fraction of sp³-hybridized carbons (Fsp3) is 0.647. The van der Waals surface area contributed by atoms with E-state index < -0.39 is 0 Å². The Bertz CT molecular complexity index is 433. The second-order valence-electron chi connectivity index (χ2n) is 5.91. The predicted molar refractivity (Wildman–Crippen MR) is 83.7 cm³/mol. The molecule has 1 N–H and O–H groups in total. The minimum Gasteiger partial charge on any atom is -0.369 e. The molecule has 2 unspecified atom stereocenters. The van der Waals surface area contributed by atoms with Crippen LogP contribution in [-0.2, 0) is 0 Å². The topological polar surface area (TPSA) is 15.3 Å². The average molecular weight is 278 g/mol. The molecule has 112 valence electrons. The highest BCUT2D eigenvalue weighted by molar-refractivity contribution is 5.49. The molecule has 2 atom stereocenters. The quantitative estimate of drug-likeness (QED) is 0.891. The van der Waals surface area contributed by atoms with Gasteiger partial charge in [-0.05, 0) is 56.8 Å². The van der Waals surface area contributed by atoms with E-state index in [9.17, 15) is 4.39 Å². The summed E-state index contributed by atoms with van der Waals surface area (Å²) in [5.74, 6) is 0.728. The second-order valence-corrected chi connectivity index (χ2v) is 5.91. The van der Waals surface area contributed by atoms with Crippen LogP contribution in [0, 0.1) is 11.7 Å². The minimum absolute atomic E-state index is 0.0838. The van der Waals surface area contributed by atoms with Gasteiger partial charge in [-0.2, -0.15) is 0 Å². The number of benzene rings is 1. The Balaban J connectivity index is 2.12. The molecule has 3 heteroatoms. The number of halogens is 1. The van der Waals surface area contributed by atoms with E-state index in [1.807, 2.05) is 26.1 Å². The van der Waals surface area contributed by atoms with Crippen molar-refractivity contribution in [2.24, 2.45) is 5.92 Å². The summed E-state index contributed by atoms with van der Waals surface area (Å²) in [5.41, 5.74) is 1.78. The standard InChI is InChI=1S/C17H27FN2/c1-4-14-6-5-10-20(11-9-14)17-8-7-15(12-16(17)18)13(2)19-3/h7-8,12-14,19H,4-6,9-11H2,1-3H3. The molecule has 0 amide bonds. The first-order valence-corrected chi connectivity index (χ1v) is 7.87. The number of rotatable bonds is 4. The van der Waals surface area contributed by atoms with Crippen LogP contribution >= 0.6 is 0 Å². The normalized spacial score (nSPS) is 21.6. The summed E-state index contributed by atoms with van der Waals surface area (Å²) >= 11 is 0. The molecule has 1 aromatic carbocycles. The number of nitrogens with zero attached hydrogens (tertiary/aromatic N) is 1. The Labute approximate surface area is 122 Å². The summed E-state index contributed by atoms with van der Waals surface area (Å²) in [7, 11) is 1.90. The molecule has 1 heterocycles. The van der Waals surface area contributed by atoms with Gasteiger partial charge in [0.15, 0.2) is 0 Å². The summed E-state index contributed by atoms with van der Waals surface area (Å²) < 4.78 is 14.4. The van der Waals surface area contributed by atoms with Crippen LogP contribution in [0.3, 0.4) is 0 Å². The van der Waals surface area contributed by atoms with E-state index in [4.69, 9.17) is 0 Å². The van der Waals surface area contributed by atoms with E-state index in [0.717, 1.165) is 30.3 Å². The highest BCUT2D eigenvalue weighted by atomic mass is 19.1. The van der Waals surface area contributed by atoms with E-state index in [-0.39, 0.29) is 11.9 Å². The molecule has 1 aromatic rings. The van der Waals surface area contributed by atoms with Gasteiger partial charge in [-0.25, -0.2) is 4.39 Å². The number of anilines is 1. The van der Waals surface area contributed by atoms with E-state index in [2.05, 4.69) is 17.1 Å². The van der Waals surface area contributed by atoms with Crippen LogP contribution in [0.5, 0.6) is 0 Å². The van der Waals surface area contributed by atoms with Crippen LogP contribution in [0.1, 0.15) is 51.1 Å². The molecule has 1 aliphatic rings. The SMILES string of the molecule is CCC1CCCN(c2ccc(C(C)NC)cc2F)CC1. The number of hydrogen-bond acceptors (Lipinski definition) is 2. The van der Waals surface area contributed by atoms with Crippen molar-refractivity contribution < 1.29 is 4.39 Å². The zero-order valence-corrected chi connectivity index (χ0v) is 13.0. The lowest BCUT2D eigenvalue weighted by molar-refractivity contribution is 0.459. The van der Waals surface area contributed by atoms with Gasteiger partial charge in [-0.15, -0.1) is 0 Å². The van der Waals surface area contributed by atoms with Gasteiger partial charge in [0.25, 0.3) is 0 Å². The van der Waals surface area contributed by atoms with E-state index >= 15 is 0 Å². The molecule has 1 aliphatic heterocycles. The molecule has 1 saturated heterocycles. The van der Waals surface area contributed by atoms with Gasteiger partial charge in [0.1, 0.15) is 5.82 Å². The zero-order valence-electron chi connectivity index (χ0n) is 13.0. The zero-order chi connectivity index (χ0) is 14.5. The molecule has 20 heavy (non-hydrogen) atoms. The lowest BCUT2D eigenvalue weighted by Gasteiger charge is -2.24. The van der Waals surface area contributed by atoms with Gasteiger partial charge in [0.2, 0.25) is 0 Å². The fourth-order valence-corrected chi connectivity index (χ4v) is 3.03. The highest BCUT2D eigenvalue weighted by Gasteiger charge is 2.18. The van der Waals surface area contributed by atoms with Crippen molar-refractivity contribution in [1.82, 2.24) is 5.32 Å². The molecular weight excluding hydrogens is 251 g/mol. The van der Waals surface area contributed by atoms with E-state index in [1.54, 1.807) is 6.07 Å². The smallest absolute Gasteiger partial charge is 0.146 e. The molecule has 0 saturated carbocycles. The average Bonchev–Trinajstić information content (AvgIpc) is 2.71. The molecule has 2 rings (SSSR count). The van der Waals surface area contributed by atoms with Crippen molar-refractivity contribution in [3.8, 4) is 0 Å². The Morgan fingerprint density at radius 1 is 1.35 bits per heavy atom. The summed E-state index contributed by atoms with van der Waals surface area (Å²) in [6.07, 6.45) is 4.88.